The third kappa shape index (κ3) is 6.41. The quantitative estimate of drug-likeness (QED) is 0.333. The Balaban J connectivity index is 1.23. The Labute approximate surface area is 230 Å². The fourth-order valence-electron chi connectivity index (χ4n) is 4.71. The maximum Gasteiger partial charge on any atom is 0.255 e. The molecule has 200 valence electrons. The summed E-state index contributed by atoms with van der Waals surface area (Å²) in [7, 11) is 0. The molecule has 1 saturated heterocycles. The number of benzene rings is 2. The Kier molecular flexibility index (Phi) is 7.56. The highest BCUT2D eigenvalue weighted by Gasteiger charge is 2.25. The standard InChI is InChI=1S/C31H35N7O/c1-22-7-10-25(20-28(22)36-30-33-15-13-27(35-30)24-6-5-14-32-21-24)34-29(39)23-8-11-26(12-9-23)37-16-18-38(19-17-37)31(2,3)4/h5-15,20-21H,16-19H2,1-4H3,(H,34,39)(H,33,35,36). The number of aryl methyl sites for hydroxylation is 1. The summed E-state index contributed by atoms with van der Waals surface area (Å²) in [6, 6.07) is 19.3. The van der Waals surface area contributed by atoms with Crippen LogP contribution in [0.15, 0.2) is 79.3 Å². The molecule has 1 aliphatic rings. The van der Waals surface area contributed by atoms with Gasteiger partial charge >= 0.3 is 0 Å². The minimum Gasteiger partial charge on any atom is -0.369 e. The smallest absolute Gasteiger partial charge is 0.255 e. The third-order valence-electron chi connectivity index (χ3n) is 7.08. The lowest BCUT2D eigenvalue weighted by atomic mass is 10.0. The Morgan fingerprint density at radius 3 is 2.38 bits per heavy atom. The highest BCUT2D eigenvalue weighted by molar-refractivity contribution is 6.04. The summed E-state index contributed by atoms with van der Waals surface area (Å²) in [6.07, 6.45) is 5.22. The second kappa shape index (κ2) is 11.2. The third-order valence-corrected chi connectivity index (χ3v) is 7.08. The first-order chi connectivity index (χ1) is 18.8. The van der Waals surface area contributed by atoms with Crippen LogP contribution in [-0.2, 0) is 0 Å². The van der Waals surface area contributed by atoms with E-state index in [-0.39, 0.29) is 11.4 Å². The predicted molar refractivity (Wildman–Crippen MR) is 158 cm³/mol. The zero-order chi connectivity index (χ0) is 27.4. The Hall–Kier alpha value is -4.30. The highest BCUT2D eigenvalue weighted by Crippen LogP contribution is 2.25. The number of nitrogens with one attached hydrogen (secondary N) is 2. The van der Waals surface area contributed by atoms with Crippen molar-refractivity contribution in [1.82, 2.24) is 19.9 Å². The van der Waals surface area contributed by atoms with Crippen LogP contribution < -0.4 is 15.5 Å². The van der Waals surface area contributed by atoms with E-state index < -0.39 is 0 Å². The molecule has 0 aliphatic carbocycles. The van der Waals surface area contributed by atoms with Crippen molar-refractivity contribution in [3.8, 4) is 11.3 Å². The normalized spacial score (nSPS) is 14.2. The number of rotatable bonds is 6. The van der Waals surface area contributed by atoms with Gasteiger partial charge in [0.1, 0.15) is 0 Å². The summed E-state index contributed by atoms with van der Waals surface area (Å²) < 4.78 is 0. The molecule has 0 atom stereocenters. The van der Waals surface area contributed by atoms with Crippen LogP contribution in [0.2, 0.25) is 0 Å². The van der Waals surface area contributed by atoms with Crippen LogP contribution in [-0.4, -0.2) is 57.5 Å². The summed E-state index contributed by atoms with van der Waals surface area (Å²) in [5.41, 5.74) is 6.18. The van der Waals surface area contributed by atoms with Crippen molar-refractivity contribution in [2.24, 2.45) is 0 Å². The molecule has 0 spiro atoms. The number of nitrogens with zero attached hydrogens (tertiary/aromatic N) is 5. The van der Waals surface area contributed by atoms with Gasteiger partial charge in [-0.2, -0.15) is 0 Å². The molecule has 2 aromatic carbocycles. The van der Waals surface area contributed by atoms with Crippen LogP contribution in [0, 0.1) is 6.92 Å². The van der Waals surface area contributed by atoms with Crippen LogP contribution in [0.1, 0.15) is 36.7 Å². The van der Waals surface area contributed by atoms with Crippen LogP contribution in [0.4, 0.5) is 23.0 Å². The largest absolute Gasteiger partial charge is 0.369 e. The lowest BCUT2D eigenvalue weighted by Crippen LogP contribution is -2.53. The predicted octanol–water partition coefficient (Wildman–Crippen LogP) is 5.76. The summed E-state index contributed by atoms with van der Waals surface area (Å²) >= 11 is 0. The van der Waals surface area contributed by atoms with Crippen LogP contribution in [0.3, 0.4) is 0 Å². The average Bonchev–Trinajstić information content (AvgIpc) is 2.95. The van der Waals surface area contributed by atoms with E-state index in [9.17, 15) is 4.79 Å². The molecular formula is C31H35N7O. The van der Waals surface area contributed by atoms with Gasteiger partial charge in [0.25, 0.3) is 5.91 Å². The molecular weight excluding hydrogens is 486 g/mol. The van der Waals surface area contributed by atoms with E-state index in [0.717, 1.165) is 54.4 Å². The molecule has 0 unspecified atom stereocenters. The molecule has 5 rings (SSSR count). The molecule has 0 saturated carbocycles. The SMILES string of the molecule is Cc1ccc(NC(=O)c2ccc(N3CCN(C(C)(C)C)CC3)cc2)cc1Nc1nccc(-c2cccnc2)n1. The zero-order valence-corrected chi connectivity index (χ0v) is 23.0. The highest BCUT2D eigenvalue weighted by atomic mass is 16.1. The van der Waals surface area contributed by atoms with Gasteiger partial charge in [-0.1, -0.05) is 6.07 Å². The molecule has 3 heterocycles. The van der Waals surface area contributed by atoms with Crippen molar-refractivity contribution in [2.45, 2.75) is 33.2 Å². The van der Waals surface area contributed by atoms with Gasteiger partial charge in [0.05, 0.1) is 5.69 Å². The topological polar surface area (TPSA) is 86.3 Å². The number of hydrogen-bond donors (Lipinski definition) is 2. The van der Waals surface area contributed by atoms with Gasteiger partial charge in [0, 0.05) is 78.5 Å². The van der Waals surface area contributed by atoms with E-state index in [1.165, 1.54) is 0 Å². The molecule has 8 nitrogen and oxygen atoms in total. The summed E-state index contributed by atoms with van der Waals surface area (Å²) in [5, 5.41) is 6.31. The van der Waals surface area contributed by atoms with Crippen LogP contribution in [0.5, 0.6) is 0 Å². The number of anilines is 4. The lowest BCUT2D eigenvalue weighted by Gasteiger charge is -2.43. The van der Waals surface area contributed by atoms with Crippen molar-refractivity contribution >= 4 is 28.9 Å². The first-order valence-corrected chi connectivity index (χ1v) is 13.3. The second-order valence-electron chi connectivity index (χ2n) is 10.8. The maximum atomic E-state index is 13.0. The number of piperazine rings is 1. The van der Waals surface area contributed by atoms with Gasteiger partial charge < -0.3 is 15.5 Å². The number of amides is 1. The summed E-state index contributed by atoms with van der Waals surface area (Å²) in [6.45, 7) is 12.8. The fraction of sp³-hybridized carbons (Fsp3) is 0.290. The van der Waals surface area contributed by atoms with E-state index in [1.54, 1.807) is 18.6 Å². The first-order valence-electron chi connectivity index (χ1n) is 13.3. The molecule has 1 amide bonds. The average molecular weight is 522 g/mol. The monoisotopic (exact) mass is 521 g/mol. The van der Waals surface area contributed by atoms with Gasteiger partial charge in [-0.3, -0.25) is 14.7 Å². The number of carbonyl (C=O) groups is 1. The van der Waals surface area contributed by atoms with Gasteiger partial charge in [-0.15, -0.1) is 0 Å². The maximum absolute atomic E-state index is 13.0. The number of carbonyl (C=O) groups excluding carboxylic acids is 1. The summed E-state index contributed by atoms with van der Waals surface area (Å²) in [4.78, 5) is 31.1. The molecule has 39 heavy (non-hydrogen) atoms. The Bertz CT molecular complexity index is 1420. The molecule has 4 aromatic rings. The number of pyridine rings is 1. The lowest BCUT2D eigenvalue weighted by molar-refractivity contribution is 0.102. The van der Waals surface area contributed by atoms with E-state index in [4.69, 9.17) is 0 Å². The van der Waals surface area contributed by atoms with Crippen molar-refractivity contribution in [1.29, 1.82) is 0 Å². The Morgan fingerprint density at radius 2 is 1.69 bits per heavy atom. The van der Waals surface area contributed by atoms with E-state index in [1.807, 2.05) is 67.6 Å². The van der Waals surface area contributed by atoms with E-state index in [0.29, 0.717) is 17.2 Å². The van der Waals surface area contributed by atoms with Crippen LogP contribution in [0.25, 0.3) is 11.3 Å². The van der Waals surface area contributed by atoms with Gasteiger partial charge in [0.2, 0.25) is 5.95 Å². The van der Waals surface area contributed by atoms with Gasteiger partial charge in [-0.05, 0) is 87.9 Å². The second-order valence-corrected chi connectivity index (χ2v) is 10.8. The molecule has 0 bridgehead atoms. The molecule has 8 heteroatoms. The Morgan fingerprint density at radius 1 is 0.923 bits per heavy atom. The van der Waals surface area contributed by atoms with Crippen LogP contribution >= 0.6 is 0 Å². The van der Waals surface area contributed by atoms with Gasteiger partial charge in [0.15, 0.2) is 0 Å². The minimum atomic E-state index is -0.149. The first kappa shape index (κ1) is 26.3. The summed E-state index contributed by atoms with van der Waals surface area (Å²) in [5.74, 6) is 0.325. The minimum absolute atomic E-state index is 0.149. The fourth-order valence-corrected chi connectivity index (χ4v) is 4.71. The van der Waals surface area contributed by atoms with E-state index in [2.05, 4.69) is 56.2 Å². The van der Waals surface area contributed by atoms with E-state index >= 15 is 0 Å². The molecule has 1 fully saturated rings. The molecule has 2 N–H and O–H groups in total. The molecule has 1 aliphatic heterocycles. The molecule has 0 radical (unpaired) electrons. The van der Waals surface area contributed by atoms with Crippen molar-refractivity contribution < 1.29 is 4.79 Å². The zero-order valence-electron chi connectivity index (χ0n) is 23.0. The molecule has 2 aromatic heterocycles. The van der Waals surface area contributed by atoms with Gasteiger partial charge in [-0.25, -0.2) is 9.97 Å². The number of aromatic nitrogens is 3. The number of hydrogen-bond acceptors (Lipinski definition) is 7. The van der Waals surface area contributed by atoms with Crippen molar-refractivity contribution in [3.05, 3.63) is 90.4 Å². The van der Waals surface area contributed by atoms with Crippen molar-refractivity contribution in [3.63, 3.8) is 0 Å². The van der Waals surface area contributed by atoms with Crippen molar-refractivity contribution in [2.75, 3.05) is 41.7 Å².